The van der Waals surface area contributed by atoms with Crippen molar-refractivity contribution in [2.45, 2.75) is 0 Å². The minimum absolute atomic E-state index is 0.924. The summed E-state index contributed by atoms with van der Waals surface area (Å²) in [5.41, 5.74) is 1.08. The van der Waals surface area contributed by atoms with Crippen molar-refractivity contribution in [3.05, 3.63) is 36.1 Å². The van der Waals surface area contributed by atoms with Gasteiger partial charge in [-0.3, -0.25) is 9.88 Å². The molecule has 0 spiro atoms. The molecule has 1 saturated heterocycles. The molecule has 13 heavy (non-hydrogen) atoms. The van der Waals surface area contributed by atoms with Crippen LogP contribution in [0.1, 0.15) is 5.69 Å². The average molecular weight is 176 g/mol. The van der Waals surface area contributed by atoms with Crippen molar-refractivity contribution in [2.24, 2.45) is 0 Å². The number of pyridine rings is 1. The molecule has 3 heteroatoms. The van der Waals surface area contributed by atoms with E-state index >= 15 is 0 Å². The van der Waals surface area contributed by atoms with Gasteiger partial charge >= 0.3 is 0 Å². The Morgan fingerprint density at radius 3 is 3.08 bits per heavy atom. The molecule has 1 N–H and O–H groups in total. The molecule has 1 fully saturated rings. The van der Waals surface area contributed by atoms with Crippen LogP contribution in [0.3, 0.4) is 0 Å². The van der Waals surface area contributed by atoms with Crippen LogP contribution in [0.2, 0.25) is 0 Å². The Morgan fingerprint density at radius 1 is 1.46 bits per heavy atom. The molecule has 1 aliphatic heterocycles. The maximum atomic E-state index is 4.33. The number of piperazine rings is 1. The quantitative estimate of drug-likeness (QED) is 0.675. The Hall–Kier alpha value is -0.930. The zero-order chi connectivity index (χ0) is 9.10. The Kier molecular flexibility index (Phi) is 2.57. The molecule has 2 rings (SSSR count). The van der Waals surface area contributed by atoms with E-state index in [2.05, 4.69) is 28.3 Å². The van der Waals surface area contributed by atoms with Gasteiger partial charge in [0.2, 0.25) is 0 Å². The lowest BCUT2D eigenvalue weighted by Gasteiger charge is -2.31. The number of hydrogen-bond donors (Lipinski definition) is 1. The Bertz CT molecular complexity index is 260. The molecule has 1 aromatic rings. The van der Waals surface area contributed by atoms with Gasteiger partial charge in [0.05, 0.1) is 5.69 Å². The first kappa shape index (κ1) is 8.66. The molecule has 1 aromatic heterocycles. The first-order chi connectivity index (χ1) is 6.38. The smallest absolute Gasteiger partial charge is 0.101 e. The van der Waals surface area contributed by atoms with Crippen LogP contribution in [0.5, 0.6) is 0 Å². The molecule has 1 radical (unpaired) electrons. The van der Waals surface area contributed by atoms with E-state index in [-0.39, 0.29) is 0 Å². The Balaban J connectivity index is 2.15. The number of hydrogen-bond acceptors (Lipinski definition) is 3. The largest absolute Gasteiger partial charge is 0.313 e. The number of nitrogens with one attached hydrogen (secondary N) is 1. The average Bonchev–Trinajstić information content (AvgIpc) is 2.20. The molecular formula is C10H14N3. The third-order valence-corrected chi connectivity index (χ3v) is 2.34. The summed E-state index contributed by atoms with van der Waals surface area (Å²) in [5, 5.41) is 3.35. The Labute approximate surface area is 78.8 Å². The van der Waals surface area contributed by atoms with Crippen LogP contribution >= 0.6 is 0 Å². The van der Waals surface area contributed by atoms with E-state index in [1.165, 1.54) is 6.04 Å². The van der Waals surface area contributed by atoms with Gasteiger partial charge in [0.1, 0.15) is 6.04 Å². The zero-order valence-electron chi connectivity index (χ0n) is 7.83. The predicted molar refractivity (Wildman–Crippen MR) is 52.1 cm³/mol. The standard InChI is InChI=1S/C10H14N3/c1-13-7-6-11-8-10(13)9-4-2-3-5-12-9/h2-5,11H,6-8H2,1H3. The van der Waals surface area contributed by atoms with Crippen LogP contribution in [0.15, 0.2) is 24.4 Å². The summed E-state index contributed by atoms with van der Waals surface area (Å²) in [7, 11) is 2.12. The van der Waals surface area contributed by atoms with Gasteiger partial charge < -0.3 is 5.32 Å². The highest BCUT2D eigenvalue weighted by Gasteiger charge is 2.21. The molecule has 1 aliphatic rings. The van der Waals surface area contributed by atoms with Crippen LogP contribution in [0.4, 0.5) is 0 Å². The molecule has 0 bridgehead atoms. The van der Waals surface area contributed by atoms with Crippen LogP contribution in [-0.2, 0) is 0 Å². The predicted octanol–water partition coefficient (Wildman–Crippen LogP) is 0.497. The zero-order valence-corrected chi connectivity index (χ0v) is 7.83. The molecule has 2 heterocycles. The highest BCUT2D eigenvalue weighted by Crippen LogP contribution is 2.16. The number of nitrogens with zero attached hydrogens (tertiary/aromatic N) is 2. The highest BCUT2D eigenvalue weighted by atomic mass is 15.2. The van der Waals surface area contributed by atoms with Crippen molar-refractivity contribution in [1.29, 1.82) is 0 Å². The van der Waals surface area contributed by atoms with Gasteiger partial charge in [0.25, 0.3) is 0 Å². The Morgan fingerprint density at radius 2 is 2.38 bits per heavy atom. The van der Waals surface area contributed by atoms with Gasteiger partial charge in [0, 0.05) is 25.8 Å². The number of aromatic nitrogens is 1. The third kappa shape index (κ3) is 1.87. The van der Waals surface area contributed by atoms with Crippen molar-refractivity contribution in [2.75, 3.05) is 26.7 Å². The summed E-state index contributed by atoms with van der Waals surface area (Å²) in [6, 6.07) is 7.31. The second-order valence-corrected chi connectivity index (χ2v) is 3.26. The molecule has 0 aromatic carbocycles. The van der Waals surface area contributed by atoms with E-state index in [1.807, 2.05) is 18.3 Å². The van der Waals surface area contributed by atoms with Gasteiger partial charge in [-0.05, 0) is 19.2 Å². The second kappa shape index (κ2) is 3.85. The van der Waals surface area contributed by atoms with Crippen LogP contribution in [0, 0.1) is 6.04 Å². The number of likely N-dealkylation sites (N-methyl/N-ethyl adjacent to an activating group) is 1. The first-order valence-electron chi connectivity index (χ1n) is 4.57. The van der Waals surface area contributed by atoms with Gasteiger partial charge in [0.15, 0.2) is 0 Å². The molecule has 0 atom stereocenters. The second-order valence-electron chi connectivity index (χ2n) is 3.26. The SMILES string of the molecule is CN1CCNC[C]1c1ccccn1. The molecule has 0 aliphatic carbocycles. The summed E-state index contributed by atoms with van der Waals surface area (Å²) >= 11 is 0. The van der Waals surface area contributed by atoms with Crippen molar-refractivity contribution >= 4 is 0 Å². The summed E-state index contributed by atoms with van der Waals surface area (Å²) in [4.78, 5) is 6.60. The van der Waals surface area contributed by atoms with Crippen LogP contribution in [-0.4, -0.2) is 36.6 Å². The highest BCUT2D eigenvalue weighted by molar-refractivity contribution is 5.23. The topological polar surface area (TPSA) is 28.2 Å². The van der Waals surface area contributed by atoms with Crippen LogP contribution in [0.25, 0.3) is 0 Å². The van der Waals surface area contributed by atoms with E-state index in [1.54, 1.807) is 0 Å². The molecular weight excluding hydrogens is 162 g/mol. The number of rotatable bonds is 1. The lowest BCUT2D eigenvalue weighted by Crippen LogP contribution is -2.44. The summed E-state index contributed by atoms with van der Waals surface area (Å²) < 4.78 is 0. The van der Waals surface area contributed by atoms with Crippen LogP contribution < -0.4 is 5.32 Å². The van der Waals surface area contributed by atoms with E-state index in [9.17, 15) is 0 Å². The fourth-order valence-corrected chi connectivity index (χ4v) is 1.54. The molecule has 0 saturated carbocycles. The van der Waals surface area contributed by atoms with Crippen molar-refractivity contribution in [3.8, 4) is 0 Å². The third-order valence-electron chi connectivity index (χ3n) is 2.34. The molecule has 69 valence electrons. The fourth-order valence-electron chi connectivity index (χ4n) is 1.54. The monoisotopic (exact) mass is 176 g/mol. The minimum atomic E-state index is 0.924. The van der Waals surface area contributed by atoms with Gasteiger partial charge in [-0.1, -0.05) is 6.07 Å². The van der Waals surface area contributed by atoms with E-state index in [0.29, 0.717) is 0 Å². The van der Waals surface area contributed by atoms with Gasteiger partial charge in [-0.25, -0.2) is 0 Å². The van der Waals surface area contributed by atoms with Gasteiger partial charge in [-0.2, -0.15) is 0 Å². The summed E-state index contributed by atoms with van der Waals surface area (Å²) in [6.45, 7) is 3.05. The molecule has 0 unspecified atom stereocenters. The van der Waals surface area contributed by atoms with Crippen molar-refractivity contribution in [1.82, 2.24) is 15.2 Å². The summed E-state index contributed by atoms with van der Waals surface area (Å²) in [5.74, 6) is 0. The minimum Gasteiger partial charge on any atom is -0.313 e. The lowest BCUT2D eigenvalue weighted by atomic mass is 10.1. The van der Waals surface area contributed by atoms with E-state index < -0.39 is 0 Å². The van der Waals surface area contributed by atoms with Crippen molar-refractivity contribution < 1.29 is 0 Å². The van der Waals surface area contributed by atoms with Gasteiger partial charge in [-0.15, -0.1) is 0 Å². The fraction of sp³-hybridized carbons (Fsp3) is 0.400. The maximum Gasteiger partial charge on any atom is 0.101 e. The lowest BCUT2D eigenvalue weighted by molar-refractivity contribution is 0.304. The first-order valence-corrected chi connectivity index (χ1v) is 4.57. The molecule has 3 nitrogen and oxygen atoms in total. The van der Waals surface area contributed by atoms with Crippen molar-refractivity contribution in [3.63, 3.8) is 0 Å². The normalized spacial score (nSPS) is 20.4. The summed E-state index contributed by atoms with van der Waals surface area (Å²) in [6.07, 6.45) is 1.84. The molecule has 0 amide bonds. The maximum absolute atomic E-state index is 4.33. The van der Waals surface area contributed by atoms with E-state index in [4.69, 9.17) is 0 Å². The van der Waals surface area contributed by atoms with E-state index in [0.717, 1.165) is 25.3 Å².